The quantitative estimate of drug-likeness (QED) is 0.828. The molecule has 5 nitrogen and oxygen atoms in total. The van der Waals surface area contributed by atoms with Crippen LogP contribution < -0.4 is 0 Å². The zero-order valence-electron chi connectivity index (χ0n) is 15.2. The van der Waals surface area contributed by atoms with Crippen LogP contribution in [0, 0.1) is 5.92 Å². The van der Waals surface area contributed by atoms with Crippen LogP contribution in [0.2, 0.25) is 0 Å². The number of hydrogen-bond acceptors (Lipinski definition) is 5. The van der Waals surface area contributed by atoms with Crippen LogP contribution in [-0.2, 0) is 11.3 Å². The summed E-state index contributed by atoms with van der Waals surface area (Å²) in [6.07, 6.45) is 4.77. The van der Waals surface area contributed by atoms with Gasteiger partial charge in [-0.05, 0) is 68.9 Å². The largest absolute Gasteiger partial charge is 0.465 e. The lowest BCUT2D eigenvalue weighted by Gasteiger charge is -2.42. The van der Waals surface area contributed by atoms with Gasteiger partial charge in [0.15, 0.2) is 0 Å². The highest BCUT2D eigenvalue weighted by atomic mass is 16.5. The Morgan fingerprint density at radius 1 is 1.16 bits per heavy atom. The van der Waals surface area contributed by atoms with Gasteiger partial charge >= 0.3 is 5.97 Å². The second-order valence-corrected chi connectivity index (χ2v) is 7.38. The first-order valence-electron chi connectivity index (χ1n) is 9.44. The van der Waals surface area contributed by atoms with Crippen LogP contribution in [0.25, 0.3) is 0 Å². The van der Waals surface area contributed by atoms with Crippen LogP contribution in [-0.4, -0.2) is 66.8 Å². The molecule has 138 valence electrons. The molecule has 0 unspecified atom stereocenters. The minimum absolute atomic E-state index is 0.282. The Labute approximate surface area is 150 Å². The highest BCUT2D eigenvalue weighted by Crippen LogP contribution is 2.24. The molecule has 25 heavy (non-hydrogen) atoms. The van der Waals surface area contributed by atoms with Crippen LogP contribution >= 0.6 is 0 Å². The topological polar surface area (TPSA) is 53.0 Å². The molecule has 2 heterocycles. The van der Waals surface area contributed by atoms with Gasteiger partial charge in [-0.2, -0.15) is 0 Å². The van der Waals surface area contributed by atoms with Crippen molar-refractivity contribution in [3.05, 3.63) is 35.4 Å². The summed E-state index contributed by atoms with van der Waals surface area (Å²) in [5.41, 5.74) is 1.85. The maximum absolute atomic E-state index is 11.5. The second-order valence-electron chi connectivity index (χ2n) is 7.38. The number of hydrogen-bond donors (Lipinski definition) is 1. The molecule has 0 spiro atoms. The predicted molar refractivity (Wildman–Crippen MR) is 97.5 cm³/mol. The molecule has 0 radical (unpaired) electrons. The number of rotatable bonds is 5. The van der Waals surface area contributed by atoms with Gasteiger partial charge in [0.25, 0.3) is 0 Å². The molecule has 0 aromatic heterocycles. The smallest absolute Gasteiger partial charge is 0.337 e. The van der Waals surface area contributed by atoms with E-state index in [-0.39, 0.29) is 5.97 Å². The maximum atomic E-state index is 11.5. The van der Waals surface area contributed by atoms with Gasteiger partial charge in [-0.15, -0.1) is 0 Å². The van der Waals surface area contributed by atoms with Crippen molar-refractivity contribution in [1.29, 1.82) is 0 Å². The van der Waals surface area contributed by atoms with Gasteiger partial charge in [0, 0.05) is 25.7 Å². The molecule has 2 aliphatic rings. The van der Waals surface area contributed by atoms with E-state index in [1.807, 2.05) is 24.3 Å². The number of carbonyl (C=O) groups excluding carboxylic acids is 1. The van der Waals surface area contributed by atoms with Crippen molar-refractivity contribution in [3.8, 4) is 0 Å². The van der Waals surface area contributed by atoms with E-state index in [1.165, 1.54) is 25.5 Å². The lowest BCUT2D eigenvalue weighted by Crippen LogP contribution is -2.50. The fourth-order valence-electron chi connectivity index (χ4n) is 4.10. The zero-order valence-corrected chi connectivity index (χ0v) is 15.2. The Kier molecular flexibility index (Phi) is 6.45. The number of carbonyl (C=O) groups is 1. The average Bonchev–Trinajstić information content (AvgIpc) is 2.68. The third-order valence-electron chi connectivity index (χ3n) is 5.69. The summed E-state index contributed by atoms with van der Waals surface area (Å²) < 4.78 is 4.75. The second kappa shape index (κ2) is 8.79. The Hall–Kier alpha value is -1.43. The molecule has 1 aromatic rings. The summed E-state index contributed by atoms with van der Waals surface area (Å²) in [5, 5.41) is 9.31. The van der Waals surface area contributed by atoms with Crippen LogP contribution in [0.15, 0.2) is 24.3 Å². The first kappa shape index (κ1) is 18.4. The molecular formula is C20H30N2O3. The van der Waals surface area contributed by atoms with Gasteiger partial charge in [-0.3, -0.25) is 9.80 Å². The van der Waals surface area contributed by atoms with Crippen molar-refractivity contribution < 1.29 is 14.6 Å². The van der Waals surface area contributed by atoms with Gasteiger partial charge in [0.2, 0.25) is 0 Å². The summed E-state index contributed by atoms with van der Waals surface area (Å²) in [4.78, 5) is 16.7. The summed E-state index contributed by atoms with van der Waals surface area (Å²) in [7, 11) is 1.41. The van der Waals surface area contributed by atoms with Gasteiger partial charge in [-0.1, -0.05) is 12.1 Å². The van der Waals surface area contributed by atoms with Crippen LogP contribution in [0.4, 0.5) is 0 Å². The lowest BCUT2D eigenvalue weighted by molar-refractivity contribution is 0.0544. The molecule has 2 fully saturated rings. The number of nitrogens with zero attached hydrogens (tertiary/aromatic N) is 2. The number of methoxy groups -OCH3 is 1. The molecule has 0 amide bonds. The number of aliphatic hydroxyl groups is 1. The highest BCUT2D eigenvalue weighted by Gasteiger charge is 2.28. The monoisotopic (exact) mass is 346 g/mol. The molecule has 2 aliphatic heterocycles. The SMILES string of the molecule is COC(=O)c1ccc(CN2CCC[C@@H](N3CCC(CO)CC3)C2)cc1. The number of likely N-dealkylation sites (tertiary alicyclic amines) is 2. The van der Waals surface area contributed by atoms with Gasteiger partial charge < -0.3 is 9.84 Å². The minimum atomic E-state index is -0.282. The van der Waals surface area contributed by atoms with Crippen molar-refractivity contribution in [3.63, 3.8) is 0 Å². The van der Waals surface area contributed by atoms with E-state index in [0.29, 0.717) is 24.1 Å². The molecule has 1 N–H and O–H groups in total. The average molecular weight is 346 g/mol. The number of aliphatic hydroxyl groups excluding tert-OH is 1. The molecular weight excluding hydrogens is 316 g/mol. The highest BCUT2D eigenvalue weighted by molar-refractivity contribution is 5.89. The number of esters is 1. The predicted octanol–water partition coefficient (Wildman–Crippen LogP) is 2.14. The fourth-order valence-corrected chi connectivity index (χ4v) is 4.10. The van der Waals surface area contributed by atoms with E-state index in [1.54, 1.807) is 0 Å². The summed E-state index contributed by atoms with van der Waals surface area (Å²) in [6.45, 7) is 5.78. The number of benzene rings is 1. The first-order valence-corrected chi connectivity index (χ1v) is 9.44. The molecule has 1 atom stereocenters. The van der Waals surface area contributed by atoms with Crippen molar-refractivity contribution >= 4 is 5.97 Å². The molecule has 1 aromatic carbocycles. The molecule has 2 saturated heterocycles. The summed E-state index contributed by atoms with van der Waals surface area (Å²) in [5.74, 6) is 0.222. The van der Waals surface area contributed by atoms with E-state index in [4.69, 9.17) is 4.74 Å². The van der Waals surface area contributed by atoms with Crippen LogP contribution in [0.5, 0.6) is 0 Å². The zero-order chi connectivity index (χ0) is 17.6. The molecule has 0 saturated carbocycles. The van der Waals surface area contributed by atoms with Gasteiger partial charge in [0.1, 0.15) is 0 Å². The number of piperidine rings is 2. The number of ether oxygens (including phenoxy) is 1. The summed E-state index contributed by atoms with van der Waals surface area (Å²) >= 11 is 0. The maximum Gasteiger partial charge on any atom is 0.337 e. The van der Waals surface area contributed by atoms with Gasteiger partial charge in [0.05, 0.1) is 12.7 Å². The Morgan fingerprint density at radius 2 is 1.88 bits per heavy atom. The molecule has 3 rings (SSSR count). The molecule has 0 bridgehead atoms. The van der Waals surface area contributed by atoms with E-state index in [9.17, 15) is 9.90 Å². The Balaban J connectivity index is 1.52. The molecule has 5 heteroatoms. The van der Waals surface area contributed by atoms with Crippen molar-refractivity contribution in [2.24, 2.45) is 5.92 Å². The van der Waals surface area contributed by atoms with Gasteiger partial charge in [-0.25, -0.2) is 4.79 Å². The Bertz CT molecular complexity index is 553. The Morgan fingerprint density at radius 3 is 2.52 bits per heavy atom. The normalized spacial score (nSPS) is 23.5. The summed E-state index contributed by atoms with van der Waals surface area (Å²) in [6, 6.07) is 8.40. The molecule has 0 aliphatic carbocycles. The lowest BCUT2D eigenvalue weighted by atomic mass is 9.94. The third kappa shape index (κ3) is 4.81. The minimum Gasteiger partial charge on any atom is -0.465 e. The van der Waals surface area contributed by atoms with E-state index in [2.05, 4.69) is 9.80 Å². The fraction of sp³-hybridized carbons (Fsp3) is 0.650. The van der Waals surface area contributed by atoms with E-state index < -0.39 is 0 Å². The van der Waals surface area contributed by atoms with E-state index in [0.717, 1.165) is 45.6 Å². The van der Waals surface area contributed by atoms with Crippen LogP contribution in [0.1, 0.15) is 41.6 Å². The standard InChI is InChI=1S/C20H30N2O3/c1-25-20(24)18-6-4-16(5-7-18)13-21-10-2-3-19(14-21)22-11-8-17(15-23)9-12-22/h4-7,17,19,23H,2-3,8-15H2,1H3/t19-/m1/s1. The first-order chi connectivity index (χ1) is 12.2. The van der Waals surface area contributed by atoms with Crippen molar-refractivity contribution in [1.82, 2.24) is 9.80 Å². The van der Waals surface area contributed by atoms with Crippen molar-refractivity contribution in [2.75, 3.05) is 39.9 Å². The van der Waals surface area contributed by atoms with Crippen LogP contribution in [0.3, 0.4) is 0 Å². The van der Waals surface area contributed by atoms with Crippen molar-refractivity contribution in [2.45, 2.75) is 38.3 Å². The van der Waals surface area contributed by atoms with E-state index >= 15 is 0 Å². The third-order valence-corrected chi connectivity index (χ3v) is 5.69.